The molecule has 4 nitrogen and oxygen atoms in total. The summed E-state index contributed by atoms with van der Waals surface area (Å²) in [5.74, 6) is -0.784. The molecule has 0 saturated heterocycles. The fourth-order valence-corrected chi connectivity index (χ4v) is 3.84. The fraction of sp³-hybridized carbons (Fsp3) is 0.357. The topological polar surface area (TPSA) is 60.4 Å². The molecular weight excluding hydrogens is 264 g/mol. The van der Waals surface area contributed by atoms with Crippen LogP contribution in [0.5, 0.6) is 0 Å². The molecule has 1 rings (SSSR count). The van der Waals surface area contributed by atoms with Crippen molar-refractivity contribution < 1.29 is 17.9 Å². The Morgan fingerprint density at radius 2 is 1.84 bits per heavy atom. The van der Waals surface area contributed by atoms with Crippen LogP contribution in [0.15, 0.2) is 47.9 Å². The van der Waals surface area contributed by atoms with Crippen LogP contribution < -0.4 is 0 Å². The number of esters is 1. The zero-order valence-corrected chi connectivity index (χ0v) is 12.1. The first-order valence-electron chi connectivity index (χ1n) is 5.77. The zero-order chi connectivity index (χ0) is 14.7. The molecule has 19 heavy (non-hydrogen) atoms. The maximum atomic E-state index is 12.6. The van der Waals surface area contributed by atoms with Crippen molar-refractivity contribution in [3.05, 3.63) is 43.0 Å². The van der Waals surface area contributed by atoms with Gasteiger partial charge in [0.15, 0.2) is 15.1 Å². The minimum atomic E-state index is -3.83. The maximum absolute atomic E-state index is 12.6. The standard InChI is InChI=1S/C14H18O4S/c1-5-14(2,3)12(13(15)18-4)19(16,17)11-9-7-6-8-10-11/h5-10,12H,1H2,2-4H3. The normalized spacial score (nSPS) is 13.6. The van der Waals surface area contributed by atoms with Gasteiger partial charge in [0.05, 0.1) is 12.0 Å². The van der Waals surface area contributed by atoms with Crippen molar-refractivity contribution in [2.24, 2.45) is 5.41 Å². The van der Waals surface area contributed by atoms with E-state index in [0.29, 0.717) is 0 Å². The molecule has 0 saturated carbocycles. The van der Waals surface area contributed by atoms with E-state index < -0.39 is 26.5 Å². The molecule has 0 aromatic heterocycles. The van der Waals surface area contributed by atoms with Crippen LogP contribution in [0.4, 0.5) is 0 Å². The number of carbonyl (C=O) groups is 1. The van der Waals surface area contributed by atoms with Gasteiger partial charge in [0.1, 0.15) is 0 Å². The van der Waals surface area contributed by atoms with Crippen LogP contribution in [0.2, 0.25) is 0 Å². The predicted molar refractivity (Wildman–Crippen MR) is 73.4 cm³/mol. The molecule has 0 aliphatic carbocycles. The van der Waals surface area contributed by atoms with Gasteiger partial charge < -0.3 is 4.74 Å². The summed E-state index contributed by atoms with van der Waals surface area (Å²) < 4.78 is 29.8. The van der Waals surface area contributed by atoms with Crippen LogP contribution in [-0.2, 0) is 19.4 Å². The molecule has 0 aliphatic rings. The third-order valence-corrected chi connectivity index (χ3v) is 5.35. The lowest BCUT2D eigenvalue weighted by Gasteiger charge is -2.28. The number of allylic oxidation sites excluding steroid dienone is 1. The largest absolute Gasteiger partial charge is 0.468 e. The van der Waals surface area contributed by atoms with Crippen LogP contribution in [0, 0.1) is 5.41 Å². The molecule has 0 aliphatic heterocycles. The van der Waals surface area contributed by atoms with Crippen LogP contribution in [0.1, 0.15) is 13.8 Å². The van der Waals surface area contributed by atoms with E-state index in [1.54, 1.807) is 32.0 Å². The monoisotopic (exact) mass is 282 g/mol. The predicted octanol–water partition coefficient (Wildman–Crippen LogP) is 2.21. The lowest BCUT2D eigenvalue weighted by Crippen LogP contribution is -2.42. The van der Waals surface area contributed by atoms with Gasteiger partial charge in [0.25, 0.3) is 0 Å². The summed E-state index contributed by atoms with van der Waals surface area (Å²) in [4.78, 5) is 12.0. The molecule has 0 N–H and O–H groups in total. The molecule has 0 spiro atoms. The average molecular weight is 282 g/mol. The highest BCUT2D eigenvalue weighted by molar-refractivity contribution is 7.92. The number of hydrogen-bond donors (Lipinski definition) is 0. The van der Waals surface area contributed by atoms with Crippen molar-refractivity contribution in [1.82, 2.24) is 0 Å². The molecule has 1 aromatic rings. The first kappa shape index (κ1) is 15.4. The van der Waals surface area contributed by atoms with Crippen molar-refractivity contribution in [3.8, 4) is 0 Å². The van der Waals surface area contributed by atoms with E-state index in [1.165, 1.54) is 25.3 Å². The SMILES string of the molecule is C=CC(C)(C)C(C(=O)OC)S(=O)(=O)c1ccccc1. The van der Waals surface area contributed by atoms with Crippen molar-refractivity contribution in [3.63, 3.8) is 0 Å². The second-order valence-electron chi connectivity index (χ2n) is 4.79. The van der Waals surface area contributed by atoms with Gasteiger partial charge >= 0.3 is 5.97 Å². The molecule has 104 valence electrons. The number of hydrogen-bond acceptors (Lipinski definition) is 4. The first-order valence-corrected chi connectivity index (χ1v) is 7.32. The third-order valence-electron chi connectivity index (χ3n) is 3.00. The molecule has 1 aromatic carbocycles. The Bertz CT molecular complexity index is 558. The highest BCUT2D eigenvalue weighted by atomic mass is 32.2. The molecule has 1 atom stereocenters. The number of benzene rings is 1. The highest BCUT2D eigenvalue weighted by Crippen LogP contribution is 2.32. The summed E-state index contributed by atoms with van der Waals surface area (Å²) in [6.07, 6.45) is 1.45. The van der Waals surface area contributed by atoms with Crippen molar-refractivity contribution in [1.29, 1.82) is 0 Å². The van der Waals surface area contributed by atoms with E-state index >= 15 is 0 Å². The van der Waals surface area contributed by atoms with E-state index in [-0.39, 0.29) is 4.90 Å². The van der Waals surface area contributed by atoms with Gasteiger partial charge in [-0.3, -0.25) is 4.79 Å². The van der Waals surface area contributed by atoms with Crippen molar-refractivity contribution in [2.75, 3.05) is 7.11 Å². The van der Waals surface area contributed by atoms with Crippen molar-refractivity contribution in [2.45, 2.75) is 24.0 Å². The Morgan fingerprint density at radius 1 is 1.32 bits per heavy atom. The minimum absolute atomic E-state index is 0.0975. The Balaban J connectivity index is 3.42. The van der Waals surface area contributed by atoms with Crippen LogP contribution in [-0.4, -0.2) is 26.7 Å². The molecule has 5 heteroatoms. The number of sulfone groups is 1. The molecule has 0 bridgehead atoms. The van der Waals surface area contributed by atoms with Crippen molar-refractivity contribution >= 4 is 15.8 Å². The van der Waals surface area contributed by atoms with Gasteiger partial charge in [-0.15, -0.1) is 6.58 Å². The number of methoxy groups -OCH3 is 1. The summed E-state index contributed by atoms with van der Waals surface area (Å²) >= 11 is 0. The molecule has 1 unspecified atom stereocenters. The number of carbonyl (C=O) groups excluding carboxylic acids is 1. The molecule has 0 heterocycles. The molecule has 0 radical (unpaired) electrons. The lowest BCUT2D eigenvalue weighted by molar-refractivity contribution is -0.141. The summed E-state index contributed by atoms with van der Waals surface area (Å²) in [5.41, 5.74) is -0.929. The van der Waals surface area contributed by atoms with Gasteiger partial charge in [0.2, 0.25) is 0 Å². The summed E-state index contributed by atoms with van der Waals surface area (Å²) in [7, 11) is -2.65. The van der Waals surface area contributed by atoms with E-state index in [4.69, 9.17) is 0 Å². The number of ether oxygens (including phenoxy) is 1. The quantitative estimate of drug-likeness (QED) is 0.613. The first-order chi connectivity index (χ1) is 8.77. The minimum Gasteiger partial charge on any atom is -0.468 e. The van der Waals surface area contributed by atoms with Gasteiger partial charge in [-0.25, -0.2) is 8.42 Å². The smallest absolute Gasteiger partial charge is 0.325 e. The average Bonchev–Trinajstić information content (AvgIpc) is 2.39. The van der Waals surface area contributed by atoms with Crippen LogP contribution >= 0.6 is 0 Å². The second kappa shape index (κ2) is 5.57. The Labute approximate surface area is 114 Å². The third kappa shape index (κ3) is 3.04. The van der Waals surface area contributed by atoms with Gasteiger partial charge in [-0.05, 0) is 12.1 Å². The van der Waals surface area contributed by atoms with Gasteiger partial charge in [0, 0.05) is 5.41 Å². The summed E-state index contributed by atoms with van der Waals surface area (Å²) in [6, 6.07) is 7.87. The van der Waals surface area contributed by atoms with E-state index in [0.717, 1.165) is 0 Å². The molecule has 0 fully saturated rings. The van der Waals surface area contributed by atoms with E-state index in [2.05, 4.69) is 11.3 Å². The van der Waals surface area contributed by atoms with E-state index in [9.17, 15) is 13.2 Å². The second-order valence-corrected chi connectivity index (χ2v) is 6.82. The lowest BCUT2D eigenvalue weighted by atomic mass is 9.89. The Morgan fingerprint density at radius 3 is 2.26 bits per heavy atom. The molecule has 0 amide bonds. The van der Waals surface area contributed by atoms with Crippen LogP contribution in [0.25, 0.3) is 0 Å². The van der Waals surface area contributed by atoms with E-state index in [1.807, 2.05) is 0 Å². The maximum Gasteiger partial charge on any atom is 0.325 e. The number of rotatable bonds is 5. The van der Waals surface area contributed by atoms with Gasteiger partial charge in [-0.1, -0.05) is 38.1 Å². The van der Waals surface area contributed by atoms with Crippen LogP contribution in [0.3, 0.4) is 0 Å². The Kier molecular flexibility index (Phi) is 4.52. The summed E-state index contributed by atoms with van der Waals surface area (Å²) in [5, 5.41) is -1.31. The zero-order valence-electron chi connectivity index (χ0n) is 11.3. The summed E-state index contributed by atoms with van der Waals surface area (Å²) in [6.45, 7) is 6.89. The highest BCUT2D eigenvalue weighted by Gasteiger charge is 2.44. The fourth-order valence-electron chi connectivity index (χ4n) is 1.79. The van der Waals surface area contributed by atoms with Gasteiger partial charge in [-0.2, -0.15) is 0 Å². The Hall–Kier alpha value is -1.62. The molecular formula is C14H18O4S.